The molecule has 0 radical (unpaired) electrons. The minimum atomic E-state index is -3.53. The van der Waals surface area contributed by atoms with E-state index < -0.39 is 16.1 Å². The Bertz CT molecular complexity index is 1190. The number of ether oxygens (including phenoxy) is 1. The monoisotopic (exact) mass is 493 g/mol. The number of aliphatic hydroxyl groups is 1. The van der Waals surface area contributed by atoms with Gasteiger partial charge < -0.3 is 14.4 Å². The Morgan fingerprint density at radius 3 is 2.58 bits per heavy atom. The number of aliphatic hydroxyl groups excluding tert-OH is 1. The van der Waals surface area contributed by atoms with E-state index in [4.69, 9.17) is 4.74 Å². The number of hydrogen-bond donors (Lipinski definition) is 1. The Morgan fingerprint density at radius 1 is 1.15 bits per heavy atom. The van der Waals surface area contributed by atoms with Crippen molar-refractivity contribution in [2.45, 2.75) is 48.9 Å². The van der Waals surface area contributed by atoms with E-state index in [0.717, 1.165) is 24.8 Å². The van der Waals surface area contributed by atoms with Gasteiger partial charge in [-0.1, -0.05) is 18.2 Å². The van der Waals surface area contributed by atoms with Crippen molar-refractivity contribution in [3.8, 4) is 5.75 Å². The molecule has 0 saturated carbocycles. The minimum absolute atomic E-state index is 0.0726. The summed E-state index contributed by atoms with van der Waals surface area (Å²) in [6.07, 6.45) is 2.09. The van der Waals surface area contributed by atoms with Gasteiger partial charge in [-0.05, 0) is 62.2 Å². The second-order valence-electron chi connectivity index (χ2n) is 7.98. The van der Waals surface area contributed by atoms with Gasteiger partial charge in [0.25, 0.3) is 0 Å². The first-order valence-corrected chi connectivity index (χ1v) is 13.5. The number of halogens is 1. The zero-order chi connectivity index (χ0) is 23.4. The van der Waals surface area contributed by atoms with E-state index >= 15 is 0 Å². The lowest BCUT2D eigenvalue weighted by Crippen LogP contribution is -2.35. The van der Waals surface area contributed by atoms with Gasteiger partial charge in [-0.3, -0.25) is 0 Å². The molecule has 1 atom stereocenters. The van der Waals surface area contributed by atoms with Gasteiger partial charge in [-0.15, -0.1) is 0 Å². The van der Waals surface area contributed by atoms with Gasteiger partial charge in [-0.2, -0.15) is 4.31 Å². The highest BCUT2D eigenvalue weighted by molar-refractivity contribution is 7.99. The average molecular weight is 494 g/mol. The molecule has 1 aromatic heterocycles. The molecule has 33 heavy (non-hydrogen) atoms. The maximum atomic E-state index is 13.0. The molecule has 0 unspecified atom stereocenters. The number of rotatable bonds is 9. The molecule has 0 amide bonds. The van der Waals surface area contributed by atoms with E-state index in [1.54, 1.807) is 22.5 Å². The molecule has 4 rings (SSSR count). The van der Waals surface area contributed by atoms with E-state index in [9.17, 15) is 17.9 Å². The largest absolute Gasteiger partial charge is 0.491 e. The molecule has 3 aromatic rings. The summed E-state index contributed by atoms with van der Waals surface area (Å²) in [7, 11) is -3.53. The average Bonchev–Trinajstić information content (AvgIpc) is 3.19. The van der Waals surface area contributed by atoms with Crippen molar-refractivity contribution in [2.24, 2.45) is 0 Å². The summed E-state index contributed by atoms with van der Waals surface area (Å²) >= 11 is 1.39. The Morgan fingerprint density at radius 2 is 1.88 bits per heavy atom. The van der Waals surface area contributed by atoms with Crippen LogP contribution in [0.4, 0.5) is 4.39 Å². The number of nitrogens with zero attached hydrogens (tertiary/aromatic N) is 3. The van der Waals surface area contributed by atoms with E-state index in [-0.39, 0.29) is 17.3 Å². The van der Waals surface area contributed by atoms with Crippen LogP contribution in [0, 0.1) is 5.82 Å². The Hall–Kier alpha value is -2.14. The second-order valence-corrected chi connectivity index (χ2v) is 10.9. The van der Waals surface area contributed by atoms with E-state index in [0.29, 0.717) is 41.8 Å². The summed E-state index contributed by atoms with van der Waals surface area (Å²) in [4.78, 5) is 4.92. The first-order valence-electron chi connectivity index (χ1n) is 11.1. The highest BCUT2D eigenvalue weighted by atomic mass is 32.2. The van der Waals surface area contributed by atoms with E-state index in [1.807, 2.05) is 11.5 Å². The maximum absolute atomic E-state index is 13.0. The van der Waals surface area contributed by atoms with Crippen molar-refractivity contribution in [2.75, 3.05) is 25.4 Å². The van der Waals surface area contributed by atoms with Crippen molar-refractivity contribution < 1.29 is 22.7 Å². The molecule has 7 nitrogen and oxygen atoms in total. The number of hydrogen-bond acceptors (Lipinski definition) is 6. The number of aromatic nitrogens is 2. The van der Waals surface area contributed by atoms with Crippen LogP contribution in [0.1, 0.15) is 26.2 Å². The van der Waals surface area contributed by atoms with Crippen LogP contribution in [0.2, 0.25) is 0 Å². The third kappa shape index (κ3) is 5.51. The zero-order valence-electron chi connectivity index (χ0n) is 18.5. The van der Waals surface area contributed by atoms with Crippen molar-refractivity contribution in [3.05, 3.63) is 48.3 Å². The standard InChI is InChI=1S/C23H28FN3O4S2/c1-2-27-22-11-10-20(33(29,30)26-12-4-3-5-13-26)14-21(22)25-23(27)32-16-18(28)15-31-19-8-6-17(24)7-9-19/h6-11,14,18,28H,2-5,12-13,15-16H2,1H3/t18-/m0/s1. The molecule has 1 fully saturated rings. The summed E-state index contributed by atoms with van der Waals surface area (Å²) in [5.41, 5.74) is 1.48. The summed E-state index contributed by atoms with van der Waals surface area (Å²) < 4.78 is 48.1. The van der Waals surface area contributed by atoms with Crippen LogP contribution in [0.15, 0.2) is 52.5 Å². The predicted molar refractivity (Wildman–Crippen MR) is 127 cm³/mol. The SMILES string of the molecule is CCn1c(SC[C@@H](O)COc2ccc(F)cc2)nc2cc(S(=O)(=O)N3CCCCC3)ccc21. The topological polar surface area (TPSA) is 84.7 Å². The van der Waals surface area contributed by atoms with Gasteiger partial charge in [0.1, 0.15) is 18.2 Å². The van der Waals surface area contributed by atoms with Crippen molar-refractivity contribution in [1.29, 1.82) is 0 Å². The Kier molecular flexibility index (Phi) is 7.58. The normalized spacial score (nSPS) is 16.2. The smallest absolute Gasteiger partial charge is 0.243 e. The van der Waals surface area contributed by atoms with Crippen molar-refractivity contribution >= 4 is 32.8 Å². The first-order chi connectivity index (χ1) is 15.9. The highest BCUT2D eigenvalue weighted by Gasteiger charge is 2.26. The summed E-state index contributed by atoms with van der Waals surface area (Å²) in [5, 5.41) is 11.0. The van der Waals surface area contributed by atoms with Crippen molar-refractivity contribution in [3.63, 3.8) is 0 Å². The fourth-order valence-corrected chi connectivity index (χ4v) is 6.38. The molecule has 178 valence electrons. The second kappa shape index (κ2) is 10.4. The predicted octanol–water partition coefficient (Wildman–Crippen LogP) is 3.90. The number of sulfonamides is 1. The molecular formula is C23H28FN3O4S2. The molecule has 1 aliphatic heterocycles. The van der Waals surface area contributed by atoms with Gasteiger partial charge in [0.15, 0.2) is 5.16 Å². The molecule has 1 N–H and O–H groups in total. The van der Waals surface area contributed by atoms with Crippen LogP contribution in [0.3, 0.4) is 0 Å². The fraction of sp³-hybridized carbons (Fsp3) is 0.435. The third-order valence-corrected chi connectivity index (χ3v) is 8.63. The fourth-order valence-electron chi connectivity index (χ4n) is 3.86. The van der Waals surface area contributed by atoms with Crippen molar-refractivity contribution in [1.82, 2.24) is 13.9 Å². The number of aryl methyl sites for hydroxylation is 1. The molecule has 2 heterocycles. The Balaban J connectivity index is 1.45. The number of thioether (sulfide) groups is 1. The van der Waals surface area contributed by atoms with Crippen LogP contribution in [-0.4, -0.2) is 58.9 Å². The maximum Gasteiger partial charge on any atom is 0.243 e. The van der Waals surface area contributed by atoms with Gasteiger partial charge in [-0.25, -0.2) is 17.8 Å². The third-order valence-electron chi connectivity index (χ3n) is 5.61. The molecule has 1 saturated heterocycles. The van der Waals surface area contributed by atoms with Gasteiger partial charge in [0, 0.05) is 25.4 Å². The van der Waals surface area contributed by atoms with Crippen LogP contribution in [-0.2, 0) is 16.6 Å². The van der Waals surface area contributed by atoms with Gasteiger partial charge in [0.05, 0.1) is 22.0 Å². The lowest BCUT2D eigenvalue weighted by molar-refractivity contribution is 0.126. The highest BCUT2D eigenvalue weighted by Crippen LogP contribution is 2.28. The molecule has 0 bridgehead atoms. The number of fused-ring (bicyclic) bond motifs is 1. The quantitative estimate of drug-likeness (QED) is 0.455. The van der Waals surface area contributed by atoms with Crippen LogP contribution >= 0.6 is 11.8 Å². The lowest BCUT2D eigenvalue weighted by Gasteiger charge is -2.25. The van der Waals surface area contributed by atoms with Gasteiger partial charge in [0.2, 0.25) is 10.0 Å². The molecular weight excluding hydrogens is 465 g/mol. The van der Waals surface area contributed by atoms with Crippen LogP contribution in [0.25, 0.3) is 11.0 Å². The summed E-state index contributed by atoms with van der Waals surface area (Å²) in [6.45, 7) is 3.85. The van der Waals surface area contributed by atoms with E-state index in [2.05, 4.69) is 4.98 Å². The first kappa shape index (κ1) is 24.0. The molecule has 0 spiro atoms. The molecule has 10 heteroatoms. The van der Waals surface area contributed by atoms with Crippen LogP contribution < -0.4 is 4.74 Å². The lowest BCUT2D eigenvalue weighted by atomic mass is 10.2. The zero-order valence-corrected chi connectivity index (χ0v) is 20.1. The molecule has 0 aliphatic carbocycles. The van der Waals surface area contributed by atoms with Gasteiger partial charge >= 0.3 is 0 Å². The number of benzene rings is 2. The minimum Gasteiger partial charge on any atom is -0.491 e. The molecule has 1 aliphatic rings. The summed E-state index contributed by atoms with van der Waals surface area (Å²) in [6, 6.07) is 10.7. The number of piperidine rings is 1. The molecule has 2 aromatic carbocycles. The van der Waals surface area contributed by atoms with E-state index in [1.165, 1.54) is 36.0 Å². The van der Waals surface area contributed by atoms with Crippen LogP contribution in [0.5, 0.6) is 5.75 Å². The Labute approximate surface area is 197 Å². The summed E-state index contributed by atoms with van der Waals surface area (Å²) in [5.74, 6) is 0.496. The number of imidazole rings is 1.